The lowest BCUT2D eigenvalue weighted by atomic mass is 9.98. The molecule has 0 aliphatic carbocycles. The summed E-state index contributed by atoms with van der Waals surface area (Å²) < 4.78 is 0. The molecule has 114 valence electrons. The summed E-state index contributed by atoms with van der Waals surface area (Å²) in [6.45, 7) is 4.25. The van der Waals surface area contributed by atoms with E-state index in [1.54, 1.807) is 4.90 Å². The largest absolute Gasteiger partial charge is 0.396 e. The number of carbonyl (C=O) groups is 2. The minimum absolute atomic E-state index is 0.0881. The number of amides is 2. The number of hydrogen-bond acceptors (Lipinski definition) is 3. The number of hydrogen-bond donors (Lipinski definition) is 1. The van der Waals surface area contributed by atoms with Crippen molar-refractivity contribution in [1.29, 1.82) is 0 Å². The van der Waals surface area contributed by atoms with Crippen molar-refractivity contribution in [1.82, 2.24) is 9.80 Å². The third-order valence-corrected chi connectivity index (χ3v) is 4.41. The number of aliphatic hydroxyl groups is 1. The molecule has 2 aliphatic heterocycles. The lowest BCUT2D eigenvalue weighted by Crippen LogP contribution is -2.50. The molecule has 2 saturated heterocycles. The molecule has 2 heterocycles. The third-order valence-electron chi connectivity index (χ3n) is 4.41. The van der Waals surface area contributed by atoms with Gasteiger partial charge >= 0.3 is 0 Å². The molecule has 0 aromatic carbocycles. The number of nitrogens with zero attached hydrogens (tertiary/aromatic N) is 2. The van der Waals surface area contributed by atoms with Crippen LogP contribution < -0.4 is 0 Å². The van der Waals surface area contributed by atoms with E-state index in [0.717, 1.165) is 38.6 Å². The van der Waals surface area contributed by atoms with Crippen LogP contribution in [0.5, 0.6) is 0 Å². The molecular weight excluding hydrogens is 256 g/mol. The van der Waals surface area contributed by atoms with Gasteiger partial charge in [-0.2, -0.15) is 0 Å². The van der Waals surface area contributed by atoms with Gasteiger partial charge in [0.2, 0.25) is 11.8 Å². The summed E-state index contributed by atoms with van der Waals surface area (Å²) in [7, 11) is 0. The second-order valence-electron chi connectivity index (χ2n) is 5.97. The van der Waals surface area contributed by atoms with Gasteiger partial charge in [0.1, 0.15) is 6.04 Å². The van der Waals surface area contributed by atoms with Gasteiger partial charge in [0.15, 0.2) is 0 Å². The Balaban J connectivity index is 1.98. The molecule has 2 rings (SSSR count). The van der Waals surface area contributed by atoms with Crippen LogP contribution in [0.15, 0.2) is 0 Å². The molecule has 2 amide bonds. The summed E-state index contributed by atoms with van der Waals surface area (Å²) in [5, 5.41) is 9.26. The van der Waals surface area contributed by atoms with Crippen LogP contribution in [0.2, 0.25) is 0 Å². The van der Waals surface area contributed by atoms with E-state index in [4.69, 9.17) is 0 Å². The molecule has 2 aliphatic rings. The fraction of sp³-hybridized carbons (Fsp3) is 0.867. The van der Waals surface area contributed by atoms with Crippen molar-refractivity contribution in [2.24, 2.45) is 5.92 Å². The van der Waals surface area contributed by atoms with Crippen LogP contribution >= 0.6 is 0 Å². The van der Waals surface area contributed by atoms with E-state index >= 15 is 0 Å². The second-order valence-corrected chi connectivity index (χ2v) is 5.97. The van der Waals surface area contributed by atoms with Gasteiger partial charge in [0.25, 0.3) is 0 Å². The summed E-state index contributed by atoms with van der Waals surface area (Å²) in [4.78, 5) is 28.3. The normalized spacial score (nSPS) is 26.9. The standard InChI is InChI=1S/C15H26N2O3/c1-2-5-14(19)17-9-4-7-13(17)15(20)16-8-3-6-12(10-16)11-18/h12-13,18H,2-11H2,1H3. The van der Waals surface area contributed by atoms with Gasteiger partial charge in [-0.3, -0.25) is 9.59 Å². The zero-order valence-electron chi connectivity index (χ0n) is 12.4. The zero-order valence-corrected chi connectivity index (χ0v) is 12.4. The minimum Gasteiger partial charge on any atom is -0.396 e. The van der Waals surface area contributed by atoms with Gasteiger partial charge in [-0.05, 0) is 38.0 Å². The Morgan fingerprint density at radius 3 is 2.65 bits per heavy atom. The molecule has 2 unspecified atom stereocenters. The van der Waals surface area contributed by atoms with Gasteiger partial charge in [-0.15, -0.1) is 0 Å². The summed E-state index contributed by atoms with van der Waals surface area (Å²) >= 11 is 0. The molecule has 0 saturated carbocycles. The van der Waals surface area contributed by atoms with Gasteiger partial charge in [0, 0.05) is 32.7 Å². The molecule has 0 aromatic heterocycles. The van der Waals surface area contributed by atoms with Crippen LogP contribution in [0.3, 0.4) is 0 Å². The van der Waals surface area contributed by atoms with E-state index in [2.05, 4.69) is 0 Å². The van der Waals surface area contributed by atoms with Crippen LogP contribution in [0, 0.1) is 5.92 Å². The van der Waals surface area contributed by atoms with Crippen molar-refractivity contribution in [2.45, 2.75) is 51.5 Å². The van der Waals surface area contributed by atoms with Crippen LogP contribution in [0.25, 0.3) is 0 Å². The first-order valence-corrected chi connectivity index (χ1v) is 7.86. The maximum absolute atomic E-state index is 12.6. The first-order chi connectivity index (χ1) is 9.67. The monoisotopic (exact) mass is 282 g/mol. The number of piperidine rings is 1. The summed E-state index contributed by atoms with van der Waals surface area (Å²) in [6.07, 6.45) is 5.00. The number of rotatable bonds is 4. The maximum Gasteiger partial charge on any atom is 0.245 e. The highest BCUT2D eigenvalue weighted by molar-refractivity contribution is 5.88. The molecule has 20 heavy (non-hydrogen) atoms. The Morgan fingerprint density at radius 1 is 1.20 bits per heavy atom. The van der Waals surface area contributed by atoms with Gasteiger partial charge in [0.05, 0.1) is 0 Å². The SMILES string of the molecule is CCCC(=O)N1CCCC1C(=O)N1CCCC(CO)C1. The highest BCUT2D eigenvalue weighted by atomic mass is 16.3. The smallest absolute Gasteiger partial charge is 0.245 e. The van der Waals surface area contributed by atoms with Crippen LogP contribution in [-0.2, 0) is 9.59 Å². The quantitative estimate of drug-likeness (QED) is 0.837. The molecule has 2 fully saturated rings. The van der Waals surface area contributed by atoms with E-state index < -0.39 is 0 Å². The van der Waals surface area contributed by atoms with E-state index in [1.165, 1.54) is 0 Å². The Bertz CT molecular complexity index is 359. The number of aliphatic hydroxyl groups excluding tert-OH is 1. The van der Waals surface area contributed by atoms with Gasteiger partial charge < -0.3 is 14.9 Å². The molecule has 1 N–H and O–H groups in total. The van der Waals surface area contributed by atoms with Crippen molar-refractivity contribution < 1.29 is 14.7 Å². The van der Waals surface area contributed by atoms with Crippen molar-refractivity contribution in [3.8, 4) is 0 Å². The fourth-order valence-electron chi connectivity index (χ4n) is 3.30. The van der Waals surface area contributed by atoms with E-state index in [9.17, 15) is 14.7 Å². The number of carbonyl (C=O) groups excluding carboxylic acids is 2. The Labute approximate surface area is 120 Å². The Morgan fingerprint density at radius 2 is 1.95 bits per heavy atom. The molecule has 0 bridgehead atoms. The van der Waals surface area contributed by atoms with Crippen molar-refractivity contribution in [3.63, 3.8) is 0 Å². The highest BCUT2D eigenvalue weighted by Gasteiger charge is 2.37. The molecule has 5 heteroatoms. The first kappa shape index (κ1) is 15.3. The zero-order chi connectivity index (χ0) is 14.5. The lowest BCUT2D eigenvalue weighted by molar-refractivity contribution is -0.145. The fourth-order valence-corrected chi connectivity index (χ4v) is 3.30. The Kier molecular flexibility index (Phi) is 5.40. The van der Waals surface area contributed by atoms with E-state index in [1.807, 2.05) is 11.8 Å². The van der Waals surface area contributed by atoms with E-state index in [0.29, 0.717) is 19.5 Å². The predicted octanol–water partition coefficient (Wildman–Crippen LogP) is 1.01. The van der Waals surface area contributed by atoms with Crippen molar-refractivity contribution in [3.05, 3.63) is 0 Å². The summed E-state index contributed by atoms with van der Waals surface area (Å²) in [6, 6.07) is -0.258. The van der Waals surface area contributed by atoms with Crippen LogP contribution in [0.4, 0.5) is 0 Å². The molecule has 5 nitrogen and oxygen atoms in total. The van der Waals surface area contributed by atoms with Crippen molar-refractivity contribution >= 4 is 11.8 Å². The van der Waals surface area contributed by atoms with E-state index in [-0.39, 0.29) is 30.4 Å². The number of likely N-dealkylation sites (tertiary alicyclic amines) is 2. The third kappa shape index (κ3) is 3.32. The maximum atomic E-state index is 12.6. The van der Waals surface area contributed by atoms with Crippen molar-refractivity contribution in [2.75, 3.05) is 26.2 Å². The van der Waals surface area contributed by atoms with Gasteiger partial charge in [-0.25, -0.2) is 0 Å². The predicted molar refractivity (Wildman–Crippen MR) is 76.0 cm³/mol. The Hall–Kier alpha value is -1.10. The van der Waals surface area contributed by atoms with Crippen LogP contribution in [-0.4, -0.2) is 59.0 Å². The second kappa shape index (κ2) is 7.07. The lowest BCUT2D eigenvalue weighted by Gasteiger charge is -2.35. The molecular formula is C15H26N2O3. The topological polar surface area (TPSA) is 60.9 Å². The average Bonchev–Trinajstić information content (AvgIpc) is 2.96. The van der Waals surface area contributed by atoms with Crippen LogP contribution in [0.1, 0.15) is 45.4 Å². The summed E-state index contributed by atoms with van der Waals surface area (Å²) in [5.41, 5.74) is 0. The highest BCUT2D eigenvalue weighted by Crippen LogP contribution is 2.24. The average molecular weight is 282 g/mol. The molecule has 0 spiro atoms. The molecule has 0 aromatic rings. The summed E-state index contributed by atoms with van der Waals surface area (Å²) in [5.74, 6) is 0.401. The first-order valence-electron chi connectivity index (χ1n) is 7.86. The minimum atomic E-state index is -0.258. The van der Waals surface area contributed by atoms with Gasteiger partial charge in [-0.1, -0.05) is 6.92 Å². The molecule has 2 atom stereocenters. The molecule has 0 radical (unpaired) electrons.